The van der Waals surface area contributed by atoms with Crippen molar-refractivity contribution in [3.63, 3.8) is 0 Å². The summed E-state index contributed by atoms with van der Waals surface area (Å²) in [6.07, 6.45) is 0. The van der Waals surface area contributed by atoms with Crippen molar-refractivity contribution in [1.29, 1.82) is 0 Å². The zero-order valence-electron chi connectivity index (χ0n) is 9.54. The molecule has 0 aromatic carbocycles. The average molecular weight is 318 g/mol. The maximum absolute atomic E-state index is 11.7. The summed E-state index contributed by atoms with van der Waals surface area (Å²) >= 11 is 4.81. The molecule has 1 fully saturated rings. The van der Waals surface area contributed by atoms with E-state index in [-0.39, 0.29) is 5.91 Å². The van der Waals surface area contributed by atoms with E-state index in [2.05, 4.69) is 31.5 Å². The predicted octanol–water partition coefficient (Wildman–Crippen LogP) is 1.15. The van der Waals surface area contributed by atoms with Crippen molar-refractivity contribution in [2.45, 2.75) is 0 Å². The molecule has 0 radical (unpaired) electrons. The molecule has 1 aromatic heterocycles. The zero-order chi connectivity index (χ0) is 12.1. The van der Waals surface area contributed by atoms with Crippen molar-refractivity contribution in [3.05, 3.63) is 20.8 Å². The first-order valence-corrected chi connectivity index (χ1v) is 7.38. The number of hydrogen-bond donors (Lipinski definition) is 2. The molecule has 2 N–H and O–H groups in total. The largest absolute Gasteiger partial charge is 0.350 e. The van der Waals surface area contributed by atoms with Crippen LogP contribution < -0.4 is 10.6 Å². The molecule has 0 saturated carbocycles. The number of hydrogen-bond acceptors (Lipinski definition) is 4. The van der Waals surface area contributed by atoms with Gasteiger partial charge >= 0.3 is 0 Å². The Morgan fingerprint density at radius 3 is 2.94 bits per heavy atom. The summed E-state index contributed by atoms with van der Waals surface area (Å²) in [6, 6.07) is 1.85. The highest BCUT2D eigenvalue weighted by molar-refractivity contribution is 9.10. The molecule has 1 aliphatic rings. The Bertz CT molecular complexity index is 377. The molecule has 1 aromatic rings. The number of piperazine rings is 1. The Morgan fingerprint density at radius 1 is 1.53 bits per heavy atom. The smallest absolute Gasteiger partial charge is 0.261 e. The van der Waals surface area contributed by atoms with Crippen LogP contribution in [-0.4, -0.2) is 50.1 Å². The van der Waals surface area contributed by atoms with E-state index >= 15 is 0 Å². The van der Waals surface area contributed by atoms with E-state index in [9.17, 15) is 4.79 Å². The summed E-state index contributed by atoms with van der Waals surface area (Å²) in [4.78, 5) is 14.9. The van der Waals surface area contributed by atoms with Gasteiger partial charge in [-0.15, -0.1) is 11.3 Å². The standard InChI is InChI=1S/C11H16BrN3OS/c12-9-7-10(17-8-9)11(16)14-3-6-15-4-1-13-2-5-15/h7-8,13H,1-6H2,(H,14,16). The molecule has 4 nitrogen and oxygen atoms in total. The highest BCUT2D eigenvalue weighted by atomic mass is 79.9. The first-order valence-electron chi connectivity index (χ1n) is 5.71. The van der Waals surface area contributed by atoms with Gasteiger partial charge in [-0.1, -0.05) is 0 Å². The highest BCUT2D eigenvalue weighted by Gasteiger charge is 2.11. The van der Waals surface area contributed by atoms with Gasteiger partial charge in [-0.25, -0.2) is 0 Å². The lowest BCUT2D eigenvalue weighted by Gasteiger charge is -2.26. The van der Waals surface area contributed by atoms with E-state index in [1.54, 1.807) is 0 Å². The Kier molecular flexibility index (Phi) is 4.97. The van der Waals surface area contributed by atoms with Crippen molar-refractivity contribution in [2.75, 3.05) is 39.3 Å². The summed E-state index contributed by atoms with van der Waals surface area (Å²) in [5, 5.41) is 8.18. The van der Waals surface area contributed by atoms with Crippen LogP contribution in [0.15, 0.2) is 15.9 Å². The van der Waals surface area contributed by atoms with Crippen LogP contribution in [0.3, 0.4) is 0 Å². The molecule has 0 aliphatic carbocycles. The minimum absolute atomic E-state index is 0.0239. The van der Waals surface area contributed by atoms with Crippen molar-refractivity contribution in [3.8, 4) is 0 Å². The highest BCUT2D eigenvalue weighted by Crippen LogP contribution is 2.19. The number of nitrogens with one attached hydrogen (secondary N) is 2. The van der Waals surface area contributed by atoms with E-state index in [1.807, 2.05) is 11.4 Å². The van der Waals surface area contributed by atoms with Crippen LogP contribution in [0.5, 0.6) is 0 Å². The Labute approximate surface area is 114 Å². The van der Waals surface area contributed by atoms with Gasteiger partial charge < -0.3 is 10.6 Å². The van der Waals surface area contributed by atoms with Crippen molar-refractivity contribution < 1.29 is 4.79 Å². The van der Waals surface area contributed by atoms with Gasteiger partial charge in [0.2, 0.25) is 0 Å². The predicted molar refractivity (Wildman–Crippen MR) is 73.7 cm³/mol. The van der Waals surface area contributed by atoms with Crippen LogP contribution in [0.1, 0.15) is 9.67 Å². The third-order valence-corrected chi connectivity index (χ3v) is 4.40. The molecular weight excluding hydrogens is 302 g/mol. The first-order chi connectivity index (χ1) is 8.25. The molecule has 17 heavy (non-hydrogen) atoms. The minimum Gasteiger partial charge on any atom is -0.350 e. The quantitative estimate of drug-likeness (QED) is 0.875. The number of halogens is 1. The van der Waals surface area contributed by atoms with Gasteiger partial charge in [0.05, 0.1) is 4.88 Å². The molecule has 94 valence electrons. The zero-order valence-corrected chi connectivity index (χ0v) is 11.9. The van der Waals surface area contributed by atoms with Gasteiger partial charge in [0.1, 0.15) is 0 Å². The van der Waals surface area contributed by atoms with Crippen LogP contribution in [0.4, 0.5) is 0 Å². The third-order valence-electron chi connectivity index (χ3n) is 2.71. The van der Waals surface area contributed by atoms with E-state index in [0.29, 0.717) is 6.54 Å². The summed E-state index contributed by atoms with van der Waals surface area (Å²) in [5.74, 6) is 0.0239. The third kappa shape index (κ3) is 4.06. The fourth-order valence-corrected chi connectivity index (χ4v) is 3.12. The second kappa shape index (κ2) is 6.49. The lowest BCUT2D eigenvalue weighted by molar-refractivity contribution is 0.0951. The van der Waals surface area contributed by atoms with E-state index in [4.69, 9.17) is 0 Å². The second-order valence-corrected chi connectivity index (χ2v) is 5.80. The summed E-state index contributed by atoms with van der Waals surface area (Å²) in [7, 11) is 0. The summed E-state index contributed by atoms with van der Waals surface area (Å²) in [5.41, 5.74) is 0. The molecule has 1 amide bonds. The van der Waals surface area contributed by atoms with Crippen LogP contribution in [0, 0.1) is 0 Å². The van der Waals surface area contributed by atoms with Crippen LogP contribution in [-0.2, 0) is 0 Å². The van der Waals surface area contributed by atoms with Crippen molar-refractivity contribution >= 4 is 33.2 Å². The molecule has 1 saturated heterocycles. The molecule has 6 heteroatoms. The Morgan fingerprint density at radius 2 is 2.29 bits per heavy atom. The van der Waals surface area contributed by atoms with E-state index in [0.717, 1.165) is 42.1 Å². The summed E-state index contributed by atoms with van der Waals surface area (Å²) < 4.78 is 0.967. The monoisotopic (exact) mass is 317 g/mol. The lowest BCUT2D eigenvalue weighted by Crippen LogP contribution is -2.46. The number of nitrogens with zero attached hydrogens (tertiary/aromatic N) is 1. The molecule has 0 bridgehead atoms. The van der Waals surface area contributed by atoms with Crippen molar-refractivity contribution in [1.82, 2.24) is 15.5 Å². The number of carbonyl (C=O) groups is 1. The van der Waals surface area contributed by atoms with Gasteiger partial charge in [0.15, 0.2) is 0 Å². The molecule has 1 aliphatic heterocycles. The van der Waals surface area contributed by atoms with E-state index in [1.165, 1.54) is 11.3 Å². The molecule has 0 spiro atoms. The van der Waals surface area contributed by atoms with Gasteiger partial charge in [-0.05, 0) is 22.0 Å². The van der Waals surface area contributed by atoms with Crippen molar-refractivity contribution in [2.24, 2.45) is 0 Å². The molecule has 0 unspecified atom stereocenters. The maximum atomic E-state index is 11.7. The summed E-state index contributed by atoms with van der Waals surface area (Å²) in [6.45, 7) is 5.88. The number of carbonyl (C=O) groups excluding carboxylic acids is 1. The lowest BCUT2D eigenvalue weighted by atomic mass is 10.3. The van der Waals surface area contributed by atoms with Gasteiger partial charge in [0, 0.05) is 49.1 Å². The normalized spacial score (nSPS) is 17.0. The number of thiophene rings is 1. The SMILES string of the molecule is O=C(NCCN1CCNCC1)c1cc(Br)cs1. The first kappa shape index (κ1) is 13.0. The molecule has 2 rings (SSSR count). The van der Waals surface area contributed by atoms with E-state index < -0.39 is 0 Å². The number of rotatable bonds is 4. The van der Waals surface area contributed by atoms with Gasteiger partial charge in [-0.2, -0.15) is 0 Å². The van der Waals surface area contributed by atoms with Crippen LogP contribution in [0.2, 0.25) is 0 Å². The van der Waals surface area contributed by atoms with Gasteiger partial charge in [0.25, 0.3) is 5.91 Å². The van der Waals surface area contributed by atoms with Gasteiger partial charge in [-0.3, -0.25) is 9.69 Å². The molecule has 0 atom stereocenters. The number of amides is 1. The Balaban J connectivity index is 1.69. The average Bonchev–Trinajstić information content (AvgIpc) is 2.77. The molecular formula is C11H16BrN3OS. The van der Waals surface area contributed by atoms with Crippen LogP contribution in [0.25, 0.3) is 0 Å². The minimum atomic E-state index is 0.0239. The molecule has 2 heterocycles. The van der Waals surface area contributed by atoms with Crippen LogP contribution >= 0.6 is 27.3 Å². The Hall–Kier alpha value is -0.430. The fourth-order valence-electron chi connectivity index (χ4n) is 1.78. The topological polar surface area (TPSA) is 44.4 Å². The fraction of sp³-hybridized carbons (Fsp3) is 0.545. The second-order valence-electron chi connectivity index (χ2n) is 3.98. The maximum Gasteiger partial charge on any atom is 0.261 e.